The Balaban J connectivity index is -0.000000283. The first kappa shape index (κ1) is 28.9. The van der Waals surface area contributed by atoms with E-state index < -0.39 is 0 Å². The molecule has 0 aromatic heterocycles. The maximum absolute atomic E-state index is 3.36. The molecule has 0 aliphatic heterocycles. The zero-order valence-electron chi connectivity index (χ0n) is 16.9. The average molecular weight is 403 g/mol. The molecule has 0 heterocycles. The third-order valence-corrected chi connectivity index (χ3v) is 4.47. The van der Waals surface area contributed by atoms with E-state index in [1.807, 2.05) is 0 Å². The molecule has 0 spiro atoms. The molecule has 0 nitrogen and oxygen atoms in total. The van der Waals surface area contributed by atoms with Gasteiger partial charge < -0.3 is 24.8 Å². The van der Waals surface area contributed by atoms with Crippen LogP contribution in [0.4, 0.5) is 0 Å². The maximum atomic E-state index is 3.36. The summed E-state index contributed by atoms with van der Waals surface area (Å²) in [7, 11) is 0. The van der Waals surface area contributed by atoms with Gasteiger partial charge in [0.2, 0.25) is 0 Å². The van der Waals surface area contributed by atoms with E-state index >= 15 is 0 Å². The molecule has 136 valence electrons. The van der Waals surface area contributed by atoms with Gasteiger partial charge in [-0.2, -0.15) is 22.3 Å². The Morgan fingerprint density at radius 2 is 0.917 bits per heavy atom. The van der Waals surface area contributed by atoms with Crippen LogP contribution in [0.1, 0.15) is 69.2 Å². The summed E-state index contributed by atoms with van der Waals surface area (Å²) in [5.74, 6) is 1.12. The fraction of sp³-hybridized carbons (Fsp3) is 0.571. The molecular weight excluding hydrogens is 371 g/mol. The summed E-state index contributed by atoms with van der Waals surface area (Å²) >= 11 is 2.08. The van der Waals surface area contributed by atoms with Crippen molar-refractivity contribution in [3.8, 4) is 0 Å². The van der Waals surface area contributed by atoms with Crippen LogP contribution >= 0.6 is 0 Å². The molecule has 3 heteroatoms. The van der Waals surface area contributed by atoms with Gasteiger partial charge in [0.1, 0.15) is 0 Å². The van der Waals surface area contributed by atoms with Crippen molar-refractivity contribution >= 4 is 3.81 Å². The molecule has 24 heavy (non-hydrogen) atoms. The van der Waals surface area contributed by atoms with E-state index in [1.54, 1.807) is 0 Å². The molecule has 0 aromatic carbocycles. The van der Waals surface area contributed by atoms with Crippen LogP contribution in [0.2, 0.25) is 0 Å². The van der Waals surface area contributed by atoms with Gasteiger partial charge >= 0.3 is 37.6 Å². The van der Waals surface area contributed by atoms with Gasteiger partial charge in [-0.3, -0.25) is 12.2 Å². The van der Waals surface area contributed by atoms with Crippen molar-refractivity contribution in [1.82, 2.24) is 0 Å². The zero-order valence-corrected chi connectivity index (χ0v) is 20.0. The van der Waals surface area contributed by atoms with E-state index in [2.05, 4.69) is 101 Å². The fourth-order valence-electron chi connectivity index (χ4n) is 2.32. The van der Waals surface area contributed by atoms with E-state index in [4.69, 9.17) is 0 Å². The summed E-state index contributed by atoms with van der Waals surface area (Å²) in [4.78, 5) is 0. The summed E-state index contributed by atoms with van der Waals surface area (Å²) < 4.78 is 1.42. The molecule has 2 aliphatic rings. The summed E-state index contributed by atoms with van der Waals surface area (Å²) in [6.07, 6.45) is 6.72. The van der Waals surface area contributed by atoms with E-state index in [1.165, 1.54) is 37.3 Å². The van der Waals surface area contributed by atoms with Gasteiger partial charge in [0, 0.05) is 0 Å². The molecule has 2 unspecified atom stereocenters. The van der Waals surface area contributed by atoms with E-state index in [0.717, 1.165) is 0 Å². The SMILES string of the molecule is CC1=[C-]C(C)C(C)=C1C.CC1=[C-]C(C)C(C)=C1C.C[C](C)=[Ti+2].[Cl-].[Cl-]. The minimum absolute atomic E-state index is 0. The summed E-state index contributed by atoms with van der Waals surface area (Å²) in [6, 6.07) is 0. The van der Waals surface area contributed by atoms with Crippen LogP contribution in [0.3, 0.4) is 0 Å². The third kappa shape index (κ3) is 9.57. The Hall–Kier alpha value is 0.124. The fourth-order valence-corrected chi connectivity index (χ4v) is 2.32. The predicted octanol–water partition coefficient (Wildman–Crippen LogP) is 0.197. The second-order valence-electron chi connectivity index (χ2n) is 6.60. The van der Waals surface area contributed by atoms with Gasteiger partial charge in [-0.25, -0.2) is 11.1 Å². The summed E-state index contributed by atoms with van der Waals surface area (Å²) in [5.41, 5.74) is 8.49. The Labute approximate surface area is 174 Å². The molecule has 0 bridgehead atoms. The average Bonchev–Trinajstić information content (AvgIpc) is 2.75. The van der Waals surface area contributed by atoms with Crippen LogP contribution in [-0.2, 0) is 20.0 Å². The quantitative estimate of drug-likeness (QED) is 0.401. The van der Waals surface area contributed by atoms with E-state index in [-0.39, 0.29) is 24.8 Å². The summed E-state index contributed by atoms with van der Waals surface area (Å²) in [6.45, 7) is 21.5. The van der Waals surface area contributed by atoms with Crippen LogP contribution in [0.25, 0.3) is 0 Å². The molecule has 0 amide bonds. The van der Waals surface area contributed by atoms with Crippen LogP contribution < -0.4 is 24.8 Å². The second-order valence-corrected chi connectivity index (χ2v) is 8.16. The Morgan fingerprint density at radius 3 is 0.958 bits per heavy atom. The van der Waals surface area contributed by atoms with Crippen molar-refractivity contribution in [3.05, 3.63) is 45.6 Å². The number of allylic oxidation sites excluding steroid dienone is 8. The van der Waals surface area contributed by atoms with Gasteiger partial charge in [-0.05, 0) is 0 Å². The van der Waals surface area contributed by atoms with Crippen LogP contribution in [0.15, 0.2) is 33.4 Å². The van der Waals surface area contributed by atoms with Crippen LogP contribution in [0, 0.1) is 24.0 Å². The molecule has 2 rings (SSSR count). The van der Waals surface area contributed by atoms with Gasteiger partial charge in [0.15, 0.2) is 0 Å². The largest absolute Gasteiger partial charge is 1.00 e. The second kappa shape index (κ2) is 13.3. The van der Waals surface area contributed by atoms with Crippen LogP contribution in [0.5, 0.6) is 0 Å². The minimum atomic E-state index is 0. The van der Waals surface area contributed by atoms with Crippen molar-refractivity contribution < 1.29 is 44.8 Å². The first-order valence-corrected chi connectivity index (χ1v) is 8.84. The minimum Gasteiger partial charge on any atom is -1.00 e. The maximum Gasteiger partial charge on any atom is -1.00 e. The van der Waals surface area contributed by atoms with Gasteiger partial charge in [0.05, 0.1) is 0 Å². The molecule has 0 aromatic rings. The van der Waals surface area contributed by atoms with E-state index in [0.29, 0.717) is 11.8 Å². The molecule has 2 aliphatic carbocycles. The number of hydrogen-bond acceptors (Lipinski definition) is 0. The van der Waals surface area contributed by atoms with Crippen molar-refractivity contribution in [2.24, 2.45) is 11.8 Å². The Bertz CT molecular complexity index is 500. The molecule has 0 fully saturated rings. The van der Waals surface area contributed by atoms with Crippen molar-refractivity contribution in [1.29, 1.82) is 0 Å². The van der Waals surface area contributed by atoms with Gasteiger partial charge in [-0.1, -0.05) is 53.4 Å². The predicted molar refractivity (Wildman–Crippen MR) is 96.3 cm³/mol. The molecule has 0 N–H and O–H groups in total. The molecule has 0 saturated carbocycles. The first-order valence-electron chi connectivity index (χ1n) is 8.06. The molecule has 2 atom stereocenters. The Morgan fingerprint density at radius 1 is 0.708 bits per heavy atom. The molecule has 0 radical (unpaired) electrons. The smallest absolute Gasteiger partial charge is 1.00 e. The van der Waals surface area contributed by atoms with Gasteiger partial charge in [0.25, 0.3) is 0 Å². The zero-order chi connectivity index (χ0) is 17.6. The third-order valence-electron chi connectivity index (χ3n) is 4.47. The topological polar surface area (TPSA) is 0 Å². The first-order chi connectivity index (χ1) is 9.98. The summed E-state index contributed by atoms with van der Waals surface area (Å²) in [5, 5.41) is 0. The standard InChI is InChI=1S/2C9H13.C3H6.2ClH.Ti/c2*1-6-5-7(2)9(4)8(6)3;1-3-2;;;/h2*6H,1-4H3;1-2H3;2*1H;/q2*-1;;;;+2/p-2. The Kier molecular flexibility index (Phi) is 16.1. The number of halogens is 2. The van der Waals surface area contributed by atoms with Gasteiger partial charge in [-0.15, -0.1) is 13.8 Å². The monoisotopic (exact) mass is 402 g/mol. The van der Waals surface area contributed by atoms with Crippen molar-refractivity contribution in [2.75, 3.05) is 0 Å². The van der Waals surface area contributed by atoms with Crippen LogP contribution in [-0.4, -0.2) is 3.81 Å². The molecule has 0 saturated heterocycles. The normalized spacial score (nSPS) is 21.5. The van der Waals surface area contributed by atoms with Crippen molar-refractivity contribution in [3.63, 3.8) is 0 Å². The van der Waals surface area contributed by atoms with Crippen molar-refractivity contribution in [2.45, 2.75) is 69.2 Å². The number of rotatable bonds is 0. The van der Waals surface area contributed by atoms with E-state index in [9.17, 15) is 0 Å². The molecular formula is C21H32Cl2Ti-2. The number of hydrogen-bond donors (Lipinski definition) is 0.